The maximum absolute atomic E-state index is 14.1. The molecule has 0 unspecified atom stereocenters. The van der Waals surface area contributed by atoms with Crippen molar-refractivity contribution in [2.75, 3.05) is 7.11 Å². The van der Waals surface area contributed by atoms with Crippen LogP contribution in [0, 0.1) is 5.82 Å². The molecule has 2 aromatic heterocycles. The lowest BCUT2D eigenvalue weighted by atomic mass is 9.93. The van der Waals surface area contributed by atoms with E-state index in [1.54, 1.807) is 22.3 Å². The zero-order valence-corrected chi connectivity index (χ0v) is 18.5. The van der Waals surface area contributed by atoms with Gasteiger partial charge in [-0.15, -0.1) is 0 Å². The zero-order chi connectivity index (χ0) is 22.7. The fraction of sp³-hybridized carbons (Fsp3) is 0.346. The molecule has 6 nitrogen and oxygen atoms in total. The largest absolute Gasteiger partial charge is 0.497 e. The summed E-state index contributed by atoms with van der Waals surface area (Å²) in [6.07, 6.45) is 5.43. The van der Waals surface area contributed by atoms with E-state index in [1.807, 2.05) is 24.3 Å². The standard InChI is InChI=1S/C26H26FN3O3/c1-33-18-10-7-15(8-11-18)24-23-20(19-13-16(27)9-12-21(19)28-23)14-22-25(31)29(26(32)30(22)24)17-5-3-2-4-6-17/h7-13,17,24,28,31H,2-6,14H2,1H3/t24-/m0/s1. The lowest BCUT2D eigenvalue weighted by Crippen LogP contribution is -2.34. The van der Waals surface area contributed by atoms with Gasteiger partial charge in [0.05, 0.1) is 12.8 Å². The molecule has 6 rings (SSSR count). The van der Waals surface area contributed by atoms with Crippen LogP contribution in [-0.2, 0) is 6.42 Å². The van der Waals surface area contributed by atoms with Crippen molar-refractivity contribution in [2.45, 2.75) is 50.6 Å². The van der Waals surface area contributed by atoms with Crippen LogP contribution in [0.2, 0.25) is 0 Å². The van der Waals surface area contributed by atoms with Crippen molar-refractivity contribution in [3.05, 3.63) is 81.3 Å². The summed E-state index contributed by atoms with van der Waals surface area (Å²) in [6, 6.07) is 11.9. The average Bonchev–Trinajstić information content (AvgIpc) is 3.32. The molecular weight excluding hydrogens is 421 g/mol. The SMILES string of the molecule is COc1ccc([C@H]2c3[nH]c4ccc(F)cc4c3Cc3c(O)n(C4CCCCC4)c(=O)n32)cc1. The first-order valence-electron chi connectivity index (χ1n) is 11.6. The molecule has 0 radical (unpaired) electrons. The fourth-order valence-corrected chi connectivity index (χ4v) is 5.73. The van der Waals surface area contributed by atoms with Gasteiger partial charge in [0, 0.05) is 29.1 Å². The molecule has 0 spiro atoms. The highest BCUT2D eigenvalue weighted by Gasteiger charge is 2.37. The second-order valence-corrected chi connectivity index (χ2v) is 9.14. The van der Waals surface area contributed by atoms with Crippen LogP contribution < -0.4 is 10.4 Å². The molecule has 0 amide bonds. The van der Waals surface area contributed by atoms with Gasteiger partial charge in [0.25, 0.3) is 0 Å². The van der Waals surface area contributed by atoms with Crippen LogP contribution in [0.3, 0.4) is 0 Å². The number of halogens is 1. The molecule has 1 saturated carbocycles. The maximum atomic E-state index is 14.1. The zero-order valence-electron chi connectivity index (χ0n) is 18.5. The van der Waals surface area contributed by atoms with E-state index in [1.165, 1.54) is 12.1 Å². The minimum Gasteiger partial charge on any atom is -0.497 e. The van der Waals surface area contributed by atoms with Gasteiger partial charge in [0.1, 0.15) is 17.6 Å². The number of ether oxygens (including phenoxy) is 1. The van der Waals surface area contributed by atoms with Gasteiger partial charge in [-0.2, -0.15) is 0 Å². The third kappa shape index (κ3) is 3.02. The molecule has 7 heteroatoms. The van der Waals surface area contributed by atoms with Crippen molar-refractivity contribution in [1.82, 2.24) is 14.1 Å². The predicted octanol–water partition coefficient (Wildman–Crippen LogP) is 5.03. The van der Waals surface area contributed by atoms with E-state index < -0.39 is 6.04 Å². The quantitative estimate of drug-likeness (QED) is 0.407. The number of hydrogen-bond donors (Lipinski definition) is 2. The van der Waals surface area contributed by atoms with Gasteiger partial charge in [-0.05, 0) is 54.3 Å². The van der Waals surface area contributed by atoms with E-state index >= 15 is 0 Å². The van der Waals surface area contributed by atoms with E-state index in [2.05, 4.69) is 4.98 Å². The molecule has 33 heavy (non-hydrogen) atoms. The number of nitrogens with one attached hydrogen (secondary N) is 1. The highest BCUT2D eigenvalue weighted by molar-refractivity contribution is 5.86. The first-order chi connectivity index (χ1) is 16.1. The Labute approximate surface area is 190 Å². The van der Waals surface area contributed by atoms with Crippen LogP contribution in [0.1, 0.15) is 66.7 Å². The summed E-state index contributed by atoms with van der Waals surface area (Å²) in [7, 11) is 1.62. The van der Waals surface area contributed by atoms with Crippen molar-refractivity contribution in [3.8, 4) is 11.6 Å². The van der Waals surface area contributed by atoms with Crippen molar-refractivity contribution in [1.29, 1.82) is 0 Å². The summed E-state index contributed by atoms with van der Waals surface area (Å²) in [5, 5.41) is 12.1. The number of imidazole rings is 1. The summed E-state index contributed by atoms with van der Waals surface area (Å²) in [5.74, 6) is 0.461. The van der Waals surface area contributed by atoms with Gasteiger partial charge >= 0.3 is 5.69 Å². The molecular formula is C26H26FN3O3. The second-order valence-electron chi connectivity index (χ2n) is 9.14. The Kier molecular flexibility index (Phi) is 4.60. The highest BCUT2D eigenvalue weighted by atomic mass is 19.1. The maximum Gasteiger partial charge on any atom is 0.332 e. The number of aromatic hydroxyl groups is 1. The van der Waals surface area contributed by atoms with E-state index in [9.17, 15) is 14.3 Å². The molecule has 1 atom stereocenters. The van der Waals surface area contributed by atoms with Crippen molar-refractivity contribution >= 4 is 10.9 Å². The fourth-order valence-electron chi connectivity index (χ4n) is 5.73. The first-order valence-corrected chi connectivity index (χ1v) is 11.6. The van der Waals surface area contributed by atoms with Gasteiger partial charge in [-0.25, -0.2) is 9.18 Å². The number of benzene rings is 2. The number of H-pyrrole nitrogens is 1. The molecule has 170 valence electrons. The molecule has 1 fully saturated rings. The summed E-state index contributed by atoms with van der Waals surface area (Å²) in [4.78, 5) is 17.2. The Morgan fingerprint density at radius 2 is 1.82 bits per heavy atom. The van der Waals surface area contributed by atoms with Crippen molar-refractivity contribution in [2.24, 2.45) is 0 Å². The van der Waals surface area contributed by atoms with Gasteiger partial charge in [-0.3, -0.25) is 9.13 Å². The van der Waals surface area contributed by atoms with Crippen molar-refractivity contribution in [3.63, 3.8) is 0 Å². The number of methoxy groups -OCH3 is 1. The third-order valence-corrected chi connectivity index (χ3v) is 7.34. The molecule has 1 aliphatic carbocycles. The van der Waals surface area contributed by atoms with Gasteiger partial charge in [-0.1, -0.05) is 31.4 Å². The summed E-state index contributed by atoms with van der Waals surface area (Å²) in [6.45, 7) is 0. The second kappa shape index (κ2) is 7.54. The molecule has 2 N–H and O–H groups in total. The van der Waals surface area contributed by atoms with E-state index in [4.69, 9.17) is 4.74 Å². The Hall–Kier alpha value is -3.48. The van der Waals surface area contributed by atoms with E-state index in [0.717, 1.165) is 65.6 Å². The van der Waals surface area contributed by atoms with E-state index in [0.29, 0.717) is 12.1 Å². The van der Waals surface area contributed by atoms with Crippen LogP contribution in [0.25, 0.3) is 10.9 Å². The van der Waals surface area contributed by atoms with E-state index in [-0.39, 0.29) is 23.4 Å². The minimum atomic E-state index is -0.451. The number of rotatable bonds is 3. The normalized spacial score (nSPS) is 18.3. The van der Waals surface area contributed by atoms with Crippen LogP contribution in [0.15, 0.2) is 47.3 Å². The highest BCUT2D eigenvalue weighted by Crippen LogP contribution is 2.42. The predicted molar refractivity (Wildman–Crippen MR) is 124 cm³/mol. The Bertz CT molecular complexity index is 1410. The van der Waals surface area contributed by atoms with Crippen LogP contribution in [0.4, 0.5) is 4.39 Å². The minimum absolute atomic E-state index is 0.00778. The molecule has 0 saturated heterocycles. The van der Waals surface area contributed by atoms with Crippen LogP contribution in [-0.4, -0.2) is 26.3 Å². The van der Waals surface area contributed by atoms with Crippen molar-refractivity contribution < 1.29 is 14.2 Å². The number of aromatic amines is 1. The lowest BCUT2D eigenvalue weighted by Gasteiger charge is -2.26. The number of fused-ring (bicyclic) bond motifs is 4. The molecule has 4 aromatic rings. The molecule has 2 aromatic carbocycles. The molecule has 2 aliphatic rings. The Morgan fingerprint density at radius 1 is 1.06 bits per heavy atom. The third-order valence-electron chi connectivity index (χ3n) is 7.34. The summed E-state index contributed by atoms with van der Waals surface area (Å²) < 4.78 is 22.8. The topological polar surface area (TPSA) is 72.2 Å². The van der Waals surface area contributed by atoms with Gasteiger partial charge in [0.2, 0.25) is 5.88 Å². The lowest BCUT2D eigenvalue weighted by molar-refractivity contribution is 0.306. The smallest absolute Gasteiger partial charge is 0.332 e. The average molecular weight is 448 g/mol. The summed E-state index contributed by atoms with van der Waals surface area (Å²) in [5.41, 5.74) is 3.89. The van der Waals surface area contributed by atoms with Crippen LogP contribution >= 0.6 is 0 Å². The number of aromatic nitrogens is 3. The molecule has 3 heterocycles. The summed E-state index contributed by atoms with van der Waals surface area (Å²) >= 11 is 0. The van der Waals surface area contributed by atoms with Crippen LogP contribution in [0.5, 0.6) is 11.6 Å². The van der Waals surface area contributed by atoms with Gasteiger partial charge in [0.15, 0.2) is 0 Å². The number of nitrogens with zero attached hydrogens (tertiary/aromatic N) is 2. The first kappa shape index (κ1) is 20.1. The Morgan fingerprint density at radius 3 is 2.55 bits per heavy atom. The Balaban J connectivity index is 1.60. The number of hydrogen-bond acceptors (Lipinski definition) is 3. The monoisotopic (exact) mass is 447 g/mol. The van der Waals surface area contributed by atoms with Gasteiger partial charge < -0.3 is 14.8 Å². The molecule has 1 aliphatic heterocycles. The molecule has 0 bridgehead atoms.